The van der Waals surface area contributed by atoms with Gasteiger partial charge in [-0.2, -0.15) is 0 Å². The van der Waals surface area contributed by atoms with E-state index in [1.165, 1.54) is 0 Å². The average Bonchev–Trinajstić information content (AvgIpc) is 2.53. The van der Waals surface area contributed by atoms with E-state index in [0.717, 1.165) is 11.1 Å². The zero-order valence-corrected chi connectivity index (χ0v) is 12.3. The molecule has 2 atom stereocenters. The molecule has 0 aliphatic rings. The third-order valence-corrected chi connectivity index (χ3v) is 3.29. The molecule has 2 rings (SSSR count). The van der Waals surface area contributed by atoms with E-state index in [1.807, 2.05) is 49.4 Å². The maximum atomic E-state index is 10.1. The van der Waals surface area contributed by atoms with Gasteiger partial charge in [0.25, 0.3) is 0 Å². The van der Waals surface area contributed by atoms with Crippen LogP contribution in [0.2, 0.25) is 0 Å². The fraction of sp³-hybridized carbons (Fsp3) is 0.294. The summed E-state index contributed by atoms with van der Waals surface area (Å²) in [7, 11) is 1.60. The predicted octanol–water partition coefficient (Wildman–Crippen LogP) is 2.83. The van der Waals surface area contributed by atoms with Gasteiger partial charge in [0.15, 0.2) is 0 Å². The lowest BCUT2D eigenvalue weighted by atomic mass is 10.1. The second-order valence-corrected chi connectivity index (χ2v) is 4.96. The van der Waals surface area contributed by atoms with Crippen molar-refractivity contribution >= 4 is 0 Å². The van der Waals surface area contributed by atoms with Crippen LogP contribution < -0.4 is 15.2 Å². The molecule has 0 heterocycles. The Hall–Kier alpha value is -2.04. The lowest BCUT2D eigenvalue weighted by molar-refractivity contribution is 0.108. The molecule has 0 amide bonds. The maximum absolute atomic E-state index is 10.1. The molecule has 0 bridgehead atoms. The van der Waals surface area contributed by atoms with E-state index < -0.39 is 6.10 Å². The Morgan fingerprint density at radius 3 is 2.38 bits per heavy atom. The molecule has 0 saturated carbocycles. The number of rotatable bonds is 6. The maximum Gasteiger partial charge on any atom is 0.119 e. The summed E-state index contributed by atoms with van der Waals surface area (Å²) in [5.74, 6) is 1.43. The standard InChI is InChI=1S/C17H21NO3/c1-12(18)13-6-8-15(9-7-13)21-11-17(19)14-4-3-5-16(10-14)20-2/h3-10,12,17,19H,11,18H2,1-2H3/t12-,17?/m0/s1. The number of methoxy groups -OCH3 is 1. The van der Waals surface area contributed by atoms with Crippen LogP contribution in [0.4, 0.5) is 0 Å². The fourth-order valence-corrected chi connectivity index (χ4v) is 1.99. The van der Waals surface area contributed by atoms with E-state index in [1.54, 1.807) is 13.2 Å². The van der Waals surface area contributed by atoms with Gasteiger partial charge in [0.1, 0.15) is 24.2 Å². The van der Waals surface area contributed by atoms with Crippen LogP contribution in [0.25, 0.3) is 0 Å². The Morgan fingerprint density at radius 2 is 1.76 bits per heavy atom. The van der Waals surface area contributed by atoms with Crippen molar-refractivity contribution in [2.45, 2.75) is 19.1 Å². The van der Waals surface area contributed by atoms with Crippen molar-refractivity contribution in [3.05, 3.63) is 59.7 Å². The molecule has 0 saturated heterocycles. The highest BCUT2D eigenvalue weighted by molar-refractivity contribution is 5.31. The zero-order valence-electron chi connectivity index (χ0n) is 12.3. The zero-order chi connectivity index (χ0) is 15.2. The van der Waals surface area contributed by atoms with E-state index in [0.29, 0.717) is 11.5 Å². The third-order valence-electron chi connectivity index (χ3n) is 3.29. The number of aliphatic hydroxyl groups excluding tert-OH is 1. The highest BCUT2D eigenvalue weighted by Gasteiger charge is 2.09. The van der Waals surface area contributed by atoms with Gasteiger partial charge in [0, 0.05) is 6.04 Å². The minimum atomic E-state index is -0.701. The summed E-state index contributed by atoms with van der Waals surface area (Å²) in [6.45, 7) is 2.12. The number of aliphatic hydroxyl groups is 1. The summed E-state index contributed by atoms with van der Waals surface area (Å²) in [4.78, 5) is 0. The van der Waals surface area contributed by atoms with Gasteiger partial charge in [0.2, 0.25) is 0 Å². The van der Waals surface area contributed by atoms with Crippen molar-refractivity contribution in [3.63, 3.8) is 0 Å². The van der Waals surface area contributed by atoms with Crippen molar-refractivity contribution in [1.82, 2.24) is 0 Å². The summed E-state index contributed by atoms with van der Waals surface area (Å²) in [5.41, 5.74) is 7.61. The molecule has 3 N–H and O–H groups in total. The average molecular weight is 287 g/mol. The first-order valence-electron chi connectivity index (χ1n) is 6.90. The van der Waals surface area contributed by atoms with Crippen LogP contribution in [0.3, 0.4) is 0 Å². The van der Waals surface area contributed by atoms with E-state index in [-0.39, 0.29) is 12.6 Å². The molecule has 0 aliphatic heterocycles. The van der Waals surface area contributed by atoms with Crippen LogP contribution in [-0.2, 0) is 0 Å². The molecule has 0 aromatic heterocycles. The quantitative estimate of drug-likeness (QED) is 0.857. The highest BCUT2D eigenvalue weighted by atomic mass is 16.5. The largest absolute Gasteiger partial charge is 0.497 e. The molecular formula is C17H21NO3. The van der Waals surface area contributed by atoms with Gasteiger partial charge in [-0.15, -0.1) is 0 Å². The van der Waals surface area contributed by atoms with Crippen molar-refractivity contribution in [1.29, 1.82) is 0 Å². The molecule has 0 fully saturated rings. The van der Waals surface area contributed by atoms with Crippen LogP contribution in [0, 0.1) is 0 Å². The number of hydrogen-bond acceptors (Lipinski definition) is 4. The first-order valence-corrected chi connectivity index (χ1v) is 6.90. The highest BCUT2D eigenvalue weighted by Crippen LogP contribution is 2.21. The minimum Gasteiger partial charge on any atom is -0.497 e. The normalized spacial score (nSPS) is 13.5. The number of nitrogens with two attached hydrogens (primary N) is 1. The Kier molecular flexibility index (Phi) is 5.20. The number of hydrogen-bond donors (Lipinski definition) is 2. The summed E-state index contributed by atoms with van der Waals surface area (Å²) in [5, 5.41) is 10.1. The van der Waals surface area contributed by atoms with Gasteiger partial charge in [-0.05, 0) is 42.3 Å². The molecule has 21 heavy (non-hydrogen) atoms. The summed E-state index contributed by atoms with van der Waals surface area (Å²) >= 11 is 0. The van der Waals surface area contributed by atoms with Crippen molar-refractivity contribution < 1.29 is 14.6 Å². The van der Waals surface area contributed by atoms with E-state index in [9.17, 15) is 5.11 Å². The topological polar surface area (TPSA) is 64.7 Å². The number of benzene rings is 2. The Morgan fingerprint density at radius 1 is 1.05 bits per heavy atom. The van der Waals surface area contributed by atoms with E-state index >= 15 is 0 Å². The van der Waals surface area contributed by atoms with Crippen LogP contribution in [0.1, 0.15) is 30.2 Å². The monoisotopic (exact) mass is 287 g/mol. The van der Waals surface area contributed by atoms with Crippen molar-refractivity contribution in [2.24, 2.45) is 5.73 Å². The summed E-state index contributed by atoms with van der Waals surface area (Å²) < 4.78 is 10.7. The Balaban J connectivity index is 1.95. The smallest absolute Gasteiger partial charge is 0.119 e. The van der Waals surface area contributed by atoms with E-state index in [4.69, 9.17) is 15.2 Å². The van der Waals surface area contributed by atoms with Gasteiger partial charge in [-0.3, -0.25) is 0 Å². The number of ether oxygens (including phenoxy) is 2. The Bertz CT molecular complexity index is 567. The van der Waals surface area contributed by atoms with Gasteiger partial charge in [0.05, 0.1) is 7.11 Å². The van der Waals surface area contributed by atoms with Crippen molar-refractivity contribution in [2.75, 3.05) is 13.7 Å². The second kappa shape index (κ2) is 7.11. The molecular weight excluding hydrogens is 266 g/mol. The van der Waals surface area contributed by atoms with Crippen LogP contribution in [0.5, 0.6) is 11.5 Å². The van der Waals surface area contributed by atoms with Crippen LogP contribution in [-0.4, -0.2) is 18.8 Å². The minimum absolute atomic E-state index is 0.00132. The van der Waals surface area contributed by atoms with Gasteiger partial charge < -0.3 is 20.3 Å². The van der Waals surface area contributed by atoms with E-state index in [2.05, 4.69) is 0 Å². The molecule has 112 valence electrons. The van der Waals surface area contributed by atoms with Gasteiger partial charge in [-0.25, -0.2) is 0 Å². The first-order chi connectivity index (χ1) is 10.1. The fourth-order valence-electron chi connectivity index (χ4n) is 1.99. The molecule has 4 heteroatoms. The van der Waals surface area contributed by atoms with Gasteiger partial charge >= 0.3 is 0 Å². The van der Waals surface area contributed by atoms with Gasteiger partial charge in [-0.1, -0.05) is 24.3 Å². The van der Waals surface area contributed by atoms with Crippen LogP contribution in [0.15, 0.2) is 48.5 Å². The molecule has 2 aromatic carbocycles. The lowest BCUT2D eigenvalue weighted by Crippen LogP contribution is -2.10. The summed E-state index contributed by atoms with van der Waals surface area (Å²) in [6.07, 6.45) is -0.701. The molecule has 2 aromatic rings. The predicted molar refractivity (Wildman–Crippen MR) is 82.5 cm³/mol. The molecule has 0 spiro atoms. The lowest BCUT2D eigenvalue weighted by Gasteiger charge is -2.14. The second-order valence-electron chi connectivity index (χ2n) is 4.96. The molecule has 0 aliphatic carbocycles. The molecule has 4 nitrogen and oxygen atoms in total. The SMILES string of the molecule is COc1cccc(C(O)COc2ccc([C@H](C)N)cc2)c1. The third kappa shape index (κ3) is 4.21. The first kappa shape index (κ1) is 15.4. The molecule has 0 radical (unpaired) electrons. The summed E-state index contributed by atoms with van der Waals surface area (Å²) in [6, 6.07) is 14.9. The van der Waals surface area contributed by atoms with Crippen LogP contribution >= 0.6 is 0 Å². The van der Waals surface area contributed by atoms with Crippen molar-refractivity contribution in [3.8, 4) is 11.5 Å². The molecule has 1 unspecified atom stereocenters. The Labute approximate surface area is 125 Å².